The number of benzene rings is 1. The average molecular weight is 557 g/mol. The lowest BCUT2D eigenvalue weighted by molar-refractivity contribution is -0.342. The number of carbonyl (C=O) groups is 1. The van der Waals surface area contributed by atoms with Gasteiger partial charge < -0.3 is 60.6 Å². The summed E-state index contributed by atoms with van der Waals surface area (Å²) in [5.74, 6) is 0. The van der Waals surface area contributed by atoms with Crippen molar-refractivity contribution in [1.82, 2.24) is 5.32 Å². The molecule has 13 heteroatoms. The maximum Gasteiger partial charge on any atom is 0.319 e. The first-order valence-corrected chi connectivity index (χ1v) is 13.5. The van der Waals surface area contributed by atoms with Gasteiger partial charge in [0.1, 0.15) is 48.8 Å². The van der Waals surface area contributed by atoms with Crippen LogP contribution < -0.4 is 10.6 Å². The van der Waals surface area contributed by atoms with Gasteiger partial charge in [0, 0.05) is 18.2 Å². The fourth-order valence-electron chi connectivity index (χ4n) is 5.39. The first-order valence-electron chi connectivity index (χ1n) is 13.5. The van der Waals surface area contributed by atoms with E-state index in [1.807, 2.05) is 0 Å². The third-order valence-corrected chi connectivity index (χ3v) is 7.69. The highest BCUT2D eigenvalue weighted by atomic mass is 16.7. The maximum atomic E-state index is 12.3. The molecule has 13 nitrogen and oxygen atoms in total. The normalized spacial score (nSPS) is 37.8. The van der Waals surface area contributed by atoms with Crippen molar-refractivity contribution in [1.29, 1.82) is 0 Å². The lowest BCUT2D eigenvalue weighted by atomic mass is 9.91. The second-order valence-electron chi connectivity index (χ2n) is 10.5. The van der Waals surface area contributed by atoms with Gasteiger partial charge in [-0.3, -0.25) is 0 Å². The molecule has 9 N–H and O–H groups in total. The van der Waals surface area contributed by atoms with Crippen LogP contribution in [0.25, 0.3) is 0 Å². The predicted molar refractivity (Wildman–Crippen MR) is 136 cm³/mol. The standard InChI is InChI=1S/C26H40N2O11/c29-11-17-20(32)21(33)23(35)25(38-17)39-24-18(12-30)37-16(19(31)22(24)34)10-13-6-8-15(9-7-13)28-26(36)27-14-4-2-1-3-5-14/h6-9,14,16-25,29-35H,1-5,10-12H2,(H2,27,28,36)/t16-,17?,18?,19?,20-,21?,22+,23-,24+,25?/m0/s1. The Morgan fingerprint density at radius 1 is 0.795 bits per heavy atom. The first kappa shape index (κ1) is 30.1. The minimum absolute atomic E-state index is 0.177. The Bertz CT molecular complexity index is 912. The van der Waals surface area contributed by atoms with Gasteiger partial charge in [0.05, 0.1) is 19.3 Å². The molecular formula is C26H40N2O11. The smallest absolute Gasteiger partial charge is 0.319 e. The lowest BCUT2D eigenvalue weighted by Crippen LogP contribution is -2.64. The number of nitrogens with one attached hydrogen (secondary N) is 2. The molecular weight excluding hydrogens is 516 g/mol. The molecule has 5 unspecified atom stereocenters. The predicted octanol–water partition coefficient (Wildman–Crippen LogP) is -1.65. The fourth-order valence-corrected chi connectivity index (χ4v) is 5.39. The number of rotatable bonds is 8. The van der Waals surface area contributed by atoms with E-state index in [9.17, 15) is 40.5 Å². The number of urea groups is 1. The van der Waals surface area contributed by atoms with Gasteiger partial charge >= 0.3 is 6.03 Å². The second kappa shape index (κ2) is 13.6. The Hall–Kier alpha value is -1.91. The van der Waals surface area contributed by atoms with E-state index in [1.54, 1.807) is 24.3 Å². The van der Waals surface area contributed by atoms with Crippen LogP contribution in [0.1, 0.15) is 37.7 Å². The van der Waals surface area contributed by atoms with Crippen LogP contribution in [0.3, 0.4) is 0 Å². The van der Waals surface area contributed by atoms with Crippen molar-refractivity contribution in [3.63, 3.8) is 0 Å². The summed E-state index contributed by atoms with van der Waals surface area (Å²) in [6, 6.07) is 6.86. The van der Waals surface area contributed by atoms with E-state index in [2.05, 4.69) is 10.6 Å². The Morgan fingerprint density at radius 3 is 2.08 bits per heavy atom. The number of amides is 2. The number of aliphatic hydroxyl groups excluding tert-OH is 7. The van der Waals surface area contributed by atoms with Gasteiger partial charge in [0.15, 0.2) is 6.29 Å². The van der Waals surface area contributed by atoms with Gasteiger partial charge in [0.2, 0.25) is 0 Å². The van der Waals surface area contributed by atoms with Gasteiger partial charge in [-0.05, 0) is 30.5 Å². The van der Waals surface area contributed by atoms with Crippen molar-refractivity contribution < 1.29 is 54.8 Å². The monoisotopic (exact) mass is 556 g/mol. The van der Waals surface area contributed by atoms with Crippen LogP contribution in [-0.2, 0) is 20.6 Å². The molecule has 39 heavy (non-hydrogen) atoms. The minimum atomic E-state index is -1.72. The van der Waals surface area contributed by atoms with Crippen LogP contribution in [0.5, 0.6) is 0 Å². The van der Waals surface area contributed by atoms with Crippen molar-refractivity contribution >= 4 is 11.7 Å². The van der Waals surface area contributed by atoms with Crippen LogP contribution in [0.15, 0.2) is 24.3 Å². The number of aliphatic hydroxyl groups is 7. The van der Waals surface area contributed by atoms with Crippen LogP contribution in [0, 0.1) is 0 Å². The summed E-state index contributed by atoms with van der Waals surface area (Å²) in [5, 5.41) is 76.8. The molecule has 0 bridgehead atoms. The number of carbonyl (C=O) groups excluding carboxylic acids is 1. The Balaban J connectivity index is 1.33. The van der Waals surface area contributed by atoms with Gasteiger partial charge in [-0.2, -0.15) is 0 Å². The number of anilines is 1. The molecule has 1 aromatic carbocycles. The Morgan fingerprint density at radius 2 is 1.44 bits per heavy atom. The molecule has 2 heterocycles. The molecule has 0 aromatic heterocycles. The summed E-state index contributed by atoms with van der Waals surface area (Å²) in [7, 11) is 0. The van der Waals surface area contributed by atoms with E-state index in [-0.39, 0.29) is 18.5 Å². The molecule has 1 aromatic rings. The largest absolute Gasteiger partial charge is 0.394 e. The van der Waals surface area contributed by atoms with Crippen molar-refractivity contribution in [3.05, 3.63) is 29.8 Å². The highest BCUT2D eigenvalue weighted by Gasteiger charge is 2.50. The molecule has 2 saturated heterocycles. The Kier molecular flexibility index (Phi) is 10.5. The molecule has 1 aliphatic carbocycles. The molecule has 3 aliphatic rings. The van der Waals surface area contributed by atoms with Crippen LogP contribution in [0.4, 0.5) is 10.5 Å². The topological polar surface area (TPSA) is 210 Å². The van der Waals surface area contributed by atoms with E-state index in [0.29, 0.717) is 5.69 Å². The summed E-state index contributed by atoms with van der Waals surface area (Å²) in [5.41, 5.74) is 1.34. The number of ether oxygens (including phenoxy) is 3. The molecule has 2 amide bonds. The van der Waals surface area contributed by atoms with Gasteiger partial charge in [-0.25, -0.2) is 4.79 Å². The highest BCUT2D eigenvalue weighted by molar-refractivity contribution is 5.89. The van der Waals surface area contributed by atoms with Crippen LogP contribution in [0.2, 0.25) is 0 Å². The molecule has 1 saturated carbocycles. The zero-order valence-corrected chi connectivity index (χ0v) is 21.6. The molecule has 2 aliphatic heterocycles. The quantitative estimate of drug-likeness (QED) is 0.177. The molecule has 0 spiro atoms. The minimum Gasteiger partial charge on any atom is -0.394 e. The zero-order valence-electron chi connectivity index (χ0n) is 21.6. The van der Waals surface area contributed by atoms with E-state index in [1.165, 1.54) is 6.42 Å². The number of hydrogen-bond donors (Lipinski definition) is 9. The van der Waals surface area contributed by atoms with Gasteiger partial charge in [-0.1, -0.05) is 31.4 Å². The van der Waals surface area contributed by atoms with Crippen LogP contribution in [-0.4, -0.2) is 122 Å². The zero-order chi connectivity index (χ0) is 28.1. The summed E-state index contributed by atoms with van der Waals surface area (Å²) in [6.45, 7) is -1.26. The van der Waals surface area contributed by atoms with Crippen LogP contribution >= 0.6 is 0 Å². The van der Waals surface area contributed by atoms with Gasteiger partial charge in [-0.15, -0.1) is 0 Å². The van der Waals surface area contributed by atoms with E-state index in [4.69, 9.17) is 14.2 Å². The van der Waals surface area contributed by atoms with E-state index < -0.39 is 74.4 Å². The molecule has 10 atom stereocenters. The first-order chi connectivity index (χ1) is 18.7. The summed E-state index contributed by atoms with van der Waals surface area (Å²) in [6.07, 6.45) is -8.63. The summed E-state index contributed by atoms with van der Waals surface area (Å²) in [4.78, 5) is 12.3. The molecule has 0 radical (unpaired) electrons. The average Bonchev–Trinajstić information content (AvgIpc) is 2.94. The third-order valence-electron chi connectivity index (χ3n) is 7.69. The van der Waals surface area contributed by atoms with E-state index in [0.717, 1.165) is 31.2 Å². The maximum absolute atomic E-state index is 12.3. The van der Waals surface area contributed by atoms with Gasteiger partial charge in [0.25, 0.3) is 0 Å². The SMILES string of the molecule is O=C(Nc1ccc(C[C@@H]2OC(CO)[C@@H](OC3OC(CO)[C@H](O)C(O)[C@@H]3O)[C@H](O)C2O)cc1)NC1CCCCC1. The molecule has 4 rings (SSSR count). The summed E-state index contributed by atoms with van der Waals surface area (Å²) < 4.78 is 16.7. The third kappa shape index (κ3) is 7.24. The molecule has 3 fully saturated rings. The fraction of sp³-hybridized carbons (Fsp3) is 0.731. The highest BCUT2D eigenvalue weighted by Crippen LogP contribution is 2.30. The lowest BCUT2D eigenvalue weighted by Gasteiger charge is -2.46. The Labute approximate surface area is 226 Å². The van der Waals surface area contributed by atoms with E-state index >= 15 is 0 Å². The van der Waals surface area contributed by atoms with Crippen molar-refractivity contribution in [2.45, 2.75) is 106 Å². The van der Waals surface area contributed by atoms with Crippen molar-refractivity contribution in [3.8, 4) is 0 Å². The van der Waals surface area contributed by atoms with Crippen molar-refractivity contribution in [2.75, 3.05) is 18.5 Å². The molecule has 220 valence electrons. The number of hydrogen-bond acceptors (Lipinski definition) is 11. The van der Waals surface area contributed by atoms with Crippen molar-refractivity contribution in [2.24, 2.45) is 0 Å². The second-order valence-corrected chi connectivity index (χ2v) is 10.5. The summed E-state index contributed by atoms with van der Waals surface area (Å²) >= 11 is 0.